The van der Waals surface area contributed by atoms with Crippen LogP contribution in [0.3, 0.4) is 0 Å². The van der Waals surface area contributed by atoms with Crippen molar-refractivity contribution in [2.75, 3.05) is 9.80 Å². The highest BCUT2D eigenvalue weighted by atomic mass is 15.2. The highest BCUT2D eigenvalue weighted by molar-refractivity contribution is 5.89. The highest BCUT2D eigenvalue weighted by Gasteiger charge is 2.62. The van der Waals surface area contributed by atoms with Gasteiger partial charge in [0.15, 0.2) is 0 Å². The molecule has 0 bridgehead atoms. The van der Waals surface area contributed by atoms with Crippen LogP contribution in [-0.4, -0.2) is 0 Å². The van der Waals surface area contributed by atoms with Gasteiger partial charge in [0, 0.05) is 33.6 Å². The summed E-state index contributed by atoms with van der Waals surface area (Å²) in [5.74, 6) is 1.10. The van der Waals surface area contributed by atoms with Gasteiger partial charge >= 0.3 is 0 Å². The Morgan fingerprint density at radius 1 is 0.455 bits per heavy atom. The number of anilines is 6. The molecule has 0 radical (unpaired) electrons. The van der Waals surface area contributed by atoms with Gasteiger partial charge in [-0.05, 0) is 149 Å². The van der Waals surface area contributed by atoms with Crippen molar-refractivity contribution >= 4 is 34.1 Å². The molecule has 4 aliphatic carbocycles. The molecule has 7 aromatic carbocycles. The van der Waals surface area contributed by atoms with Crippen LogP contribution >= 0.6 is 0 Å². The molecule has 0 N–H and O–H groups in total. The summed E-state index contributed by atoms with van der Waals surface area (Å²) >= 11 is 0. The zero-order valence-electron chi connectivity index (χ0n) is 32.0. The van der Waals surface area contributed by atoms with E-state index >= 15 is 0 Å². The van der Waals surface area contributed by atoms with E-state index in [-0.39, 0.29) is 10.8 Å². The molecule has 0 aromatic heterocycles. The summed E-state index contributed by atoms with van der Waals surface area (Å²) < 4.78 is 0. The first-order valence-corrected chi connectivity index (χ1v) is 20.2. The molecule has 0 amide bonds. The van der Waals surface area contributed by atoms with Crippen molar-refractivity contribution in [1.29, 1.82) is 0 Å². The number of fused-ring (bicyclic) bond motifs is 5. The third-order valence-corrected chi connectivity index (χ3v) is 13.9. The van der Waals surface area contributed by atoms with Crippen LogP contribution in [0.4, 0.5) is 34.1 Å². The Kier molecular flexibility index (Phi) is 7.15. The predicted octanol–water partition coefficient (Wildman–Crippen LogP) is 13.7. The van der Waals surface area contributed by atoms with Crippen molar-refractivity contribution in [3.63, 3.8) is 0 Å². The second kappa shape index (κ2) is 12.1. The van der Waals surface area contributed by atoms with Crippen LogP contribution in [0.1, 0.15) is 65.6 Å². The van der Waals surface area contributed by atoms with Crippen molar-refractivity contribution in [2.24, 2.45) is 11.8 Å². The molecule has 268 valence electrons. The average Bonchev–Trinajstić information content (AvgIpc) is 3.91. The molecule has 3 unspecified atom stereocenters. The lowest BCUT2D eigenvalue weighted by Gasteiger charge is -2.40. The molecule has 55 heavy (non-hydrogen) atoms. The second-order valence-corrected chi connectivity index (χ2v) is 16.9. The minimum Gasteiger partial charge on any atom is -0.310 e. The summed E-state index contributed by atoms with van der Waals surface area (Å²) in [6.45, 7) is 7.07. The predicted molar refractivity (Wildman–Crippen MR) is 229 cm³/mol. The largest absolute Gasteiger partial charge is 0.310 e. The number of hydrogen-bond donors (Lipinski definition) is 0. The van der Waals surface area contributed by atoms with E-state index in [1.54, 1.807) is 11.1 Å². The van der Waals surface area contributed by atoms with E-state index in [1.807, 2.05) is 0 Å². The van der Waals surface area contributed by atoms with Crippen molar-refractivity contribution in [3.05, 3.63) is 203 Å². The lowest BCUT2D eigenvalue weighted by atomic mass is 9.68. The van der Waals surface area contributed by atoms with Gasteiger partial charge in [0.05, 0.1) is 11.4 Å². The first-order chi connectivity index (χ1) is 27.0. The van der Waals surface area contributed by atoms with Gasteiger partial charge < -0.3 is 9.80 Å². The van der Waals surface area contributed by atoms with Crippen molar-refractivity contribution in [3.8, 4) is 11.1 Å². The number of aryl methyl sites for hydroxylation is 1. The van der Waals surface area contributed by atoms with Gasteiger partial charge in [0.1, 0.15) is 0 Å². The van der Waals surface area contributed by atoms with E-state index in [1.165, 1.54) is 85.9 Å². The maximum absolute atomic E-state index is 2.63. The normalized spacial score (nSPS) is 20.6. The smallest absolute Gasteiger partial charge is 0.0505 e. The Bertz CT molecular complexity index is 2570. The molecular weight excluding hydrogens is 665 g/mol. The Labute approximate surface area is 325 Å². The SMILES string of the molecule is Cc1ccccc1N(c1ccc2c(c1)C(C)(C)c1ccccc1-2)c1cccc2c1C13c4c(cccc4N(c4ccccc4)c4ccccc4)CC1CCC3C2. The number of hydrogen-bond acceptors (Lipinski definition) is 2. The average molecular weight is 711 g/mol. The highest BCUT2D eigenvalue weighted by Crippen LogP contribution is 2.69. The molecule has 11 rings (SSSR count). The molecule has 2 heteroatoms. The Hall–Kier alpha value is -5.86. The molecule has 1 fully saturated rings. The molecule has 7 aromatic rings. The van der Waals surface area contributed by atoms with Gasteiger partial charge in [0.25, 0.3) is 0 Å². The van der Waals surface area contributed by atoms with Gasteiger partial charge in [-0.15, -0.1) is 0 Å². The fourth-order valence-corrected chi connectivity index (χ4v) is 11.7. The second-order valence-electron chi connectivity index (χ2n) is 16.9. The summed E-state index contributed by atoms with van der Waals surface area (Å²) in [6.07, 6.45) is 4.77. The number of para-hydroxylation sites is 3. The van der Waals surface area contributed by atoms with Crippen LogP contribution in [0.15, 0.2) is 164 Å². The summed E-state index contributed by atoms with van der Waals surface area (Å²) in [7, 11) is 0. The first kappa shape index (κ1) is 32.6. The summed E-state index contributed by atoms with van der Waals surface area (Å²) in [5.41, 5.74) is 20.3. The van der Waals surface area contributed by atoms with E-state index in [9.17, 15) is 0 Å². The first-order valence-electron chi connectivity index (χ1n) is 20.2. The molecule has 2 nitrogen and oxygen atoms in total. The van der Waals surface area contributed by atoms with Crippen LogP contribution < -0.4 is 9.80 Å². The Balaban J connectivity index is 1.17. The van der Waals surface area contributed by atoms with E-state index in [0.717, 1.165) is 12.8 Å². The van der Waals surface area contributed by atoms with Gasteiger partial charge in [-0.2, -0.15) is 0 Å². The number of benzene rings is 7. The molecule has 4 aliphatic rings. The van der Waals surface area contributed by atoms with Crippen molar-refractivity contribution in [2.45, 2.75) is 57.3 Å². The van der Waals surface area contributed by atoms with E-state index in [4.69, 9.17) is 0 Å². The van der Waals surface area contributed by atoms with Crippen LogP contribution in [0.5, 0.6) is 0 Å². The summed E-state index contributed by atoms with van der Waals surface area (Å²) in [6, 6.07) is 61.7. The van der Waals surface area contributed by atoms with Crippen molar-refractivity contribution < 1.29 is 0 Å². The quantitative estimate of drug-likeness (QED) is 0.170. The Morgan fingerprint density at radius 3 is 1.62 bits per heavy atom. The zero-order chi connectivity index (χ0) is 36.9. The fourth-order valence-electron chi connectivity index (χ4n) is 11.7. The van der Waals surface area contributed by atoms with Crippen LogP contribution in [-0.2, 0) is 23.7 Å². The molecule has 1 spiro atoms. The monoisotopic (exact) mass is 710 g/mol. The van der Waals surface area contributed by atoms with E-state index in [2.05, 4.69) is 194 Å². The topological polar surface area (TPSA) is 6.48 Å². The van der Waals surface area contributed by atoms with Crippen LogP contribution in [0.2, 0.25) is 0 Å². The zero-order valence-corrected chi connectivity index (χ0v) is 32.0. The Morgan fingerprint density at radius 2 is 0.982 bits per heavy atom. The minimum absolute atomic E-state index is 0.0874. The van der Waals surface area contributed by atoms with E-state index < -0.39 is 0 Å². The van der Waals surface area contributed by atoms with Gasteiger partial charge in [0.2, 0.25) is 0 Å². The van der Waals surface area contributed by atoms with E-state index in [0.29, 0.717) is 11.8 Å². The fraction of sp³-hybridized carbons (Fsp3) is 0.208. The molecule has 3 atom stereocenters. The molecular formula is C53H46N2. The van der Waals surface area contributed by atoms with Crippen molar-refractivity contribution in [1.82, 2.24) is 0 Å². The minimum atomic E-state index is -0.0904. The standard InChI is InChI=1S/C53H46N2/c1-35-16-10-13-25-47(35)55(42-30-31-44-43-23-11-12-24-45(43)52(2,3)46(44)34-42)49-27-15-18-37-33-39-29-28-38-32-36-17-14-26-48(50(36)53(38,39)51(37)49)54(40-19-6-4-7-20-40)41-21-8-5-9-22-41/h4-27,30-31,34,38-39H,28-29,32-33H2,1-3H3. The molecule has 1 saturated carbocycles. The summed E-state index contributed by atoms with van der Waals surface area (Å²) in [4.78, 5) is 5.16. The lowest BCUT2D eigenvalue weighted by molar-refractivity contribution is 0.350. The third kappa shape index (κ3) is 4.55. The van der Waals surface area contributed by atoms with Crippen LogP contribution in [0.25, 0.3) is 11.1 Å². The third-order valence-electron chi connectivity index (χ3n) is 13.9. The van der Waals surface area contributed by atoms with Gasteiger partial charge in [-0.25, -0.2) is 0 Å². The maximum Gasteiger partial charge on any atom is 0.0505 e. The molecule has 0 heterocycles. The molecule has 0 aliphatic heterocycles. The lowest BCUT2D eigenvalue weighted by Crippen LogP contribution is -2.34. The maximum atomic E-state index is 2.63. The van der Waals surface area contributed by atoms with Gasteiger partial charge in [-0.3, -0.25) is 0 Å². The summed E-state index contributed by atoms with van der Waals surface area (Å²) in [5, 5.41) is 0. The molecule has 0 saturated heterocycles. The van der Waals surface area contributed by atoms with Crippen LogP contribution in [0, 0.1) is 18.8 Å². The number of nitrogens with zero attached hydrogens (tertiary/aromatic N) is 2. The van der Waals surface area contributed by atoms with Gasteiger partial charge in [-0.1, -0.05) is 123 Å². The number of rotatable bonds is 6.